The molecule has 0 N–H and O–H groups in total. The summed E-state index contributed by atoms with van der Waals surface area (Å²) in [7, 11) is 0. The average Bonchev–Trinajstić information content (AvgIpc) is 2.47. The van der Waals surface area contributed by atoms with Gasteiger partial charge < -0.3 is 9.64 Å². The third kappa shape index (κ3) is 4.46. The smallest absolute Gasteiger partial charge is 0.294 e. The van der Waals surface area contributed by atoms with E-state index in [0.29, 0.717) is 28.9 Å². The van der Waals surface area contributed by atoms with Gasteiger partial charge in [-0.2, -0.15) is 0 Å². The van der Waals surface area contributed by atoms with Crippen molar-refractivity contribution < 1.29 is 24.0 Å². The monoisotopic (exact) mass is 354 g/mol. The first-order chi connectivity index (χ1) is 11.3. The van der Waals surface area contributed by atoms with Gasteiger partial charge in [0.25, 0.3) is 5.91 Å². The summed E-state index contributed by atoms with van der Waals surface area (Å²) in [5, 5.41) is 1.25. The van der Waals surface area contributed by atoms with Crippen LogP contribution < -0.4 is 4.74 Å². The van der Waals surface area contributed by atoms with E-state index in [2.05, 4.69) is 0 Å². The zero-order valence-electron chi connectivity index (χ0n) is 13.7. The van der Waals surface area contributed by atoms with Crippen molar-refractivity contribution in [1.82, 2.24) is 9.96 Å². The van der Waals surface area contributed by atoms with E-state index in [9.17, 15) is 14.4 Å². The second kappa shape index (κ2) is 7.63. The fourth-order valence-corrected chi connectivity index (χ4v) is 2.25. The number of hydrogen-bond acceptors (Lipinski definition) is 5. The lowest BCUT2D eigenvalue weighted by Gasteiger charge is -2.39. The Morgan fingerprint density at radius 3 is 2.29 bits per heavy atom. The highest BCUT2D eigenvalue weighted by atomic mass is 35.5. The molecule has 1 aliphatic rings. The molecule has 1 fully saturated rings. The van der Waals surface area contributed by atoms with Gasteiger partial charge in [0.15, 0.2) is 6.10 Å². The lowest BCUT2D eigenvalue weighted by Crippen LogP contribution is -2.58. The number of rotatable bonds is 5. The minimum absolute atomic E-state index is 0.0741. The highest BCUT2D eigenvalue weighted by Gasteiger charge is 2.35. The van der Waals surface area contributed by atoms with Crippen LogP contribution in [0, 0.1) is 0 Å². The van der Waals surface area contributed by atoms with E-state index in [4.69, 9.17) is 21.2 Å². The number of benzene rings is 1. The first kappa shape index (κ1) is 18.2. The molecule has 0 saturated carbocycles. The van der Waals surface area contributed by atoms with Gasteiger partial charge in [0.2, 0.25) is 11.8 Å². The maximum Gasteiger partial charge on any atom is 0.294 e. The van der Waals surface area contributed by atoms with Gasteiger partial charge in [-0.1, -0.05) is 11.6 Å². The van der Waals surface area contributed by atoms with E-state index in [1.165, 1.54) is 20.8 Å². The van der Waals surface area contributed by atoms with Crippen molar-refractivity contribution in [2.45, 2.75) is 33.0 Å². The largest absolute Gasteiger partial charge is 0.481 e. The number of halogens is 1. The van der Waals surface area contributed by atoms with Gasteiger partial charge in [-0.25, -0.2) is 0 Å². The number of amides is 3. The normalized spacial score (nSPS) is 15.4. The van der Waals surface area contributed by atoms with Crippen LogP contribution in [0.15, 0.2) is 24.3 Å². The number of nitrogens with zero attached hydrogens (tertiary/aromatic N) is 2. The molecule has 1 aliphatic heterocycles. The predicted octanol–water partition coefficient (Wildman–Crippen LogP) is 1.64. The molecular formula is C16H19ClN2O5. The number of ether oxygens (including phenoxy) is 1. The quantitative estimate of drug-likeness (QED) is 0.751. The maximum atomic E-state index is 12.4. The average molecular weight is 355 g/mol. The summed E-state index contributed by atoms with van der Waals surface area (Å²) in [4.78, 5) is 42.2. The number of carbonyl (C=O) groups is 3. The summed E-state index contributed by atoms with van der Waals surface area (Å²) in [6.45, 7) is 4.90. The Morgan fingerprint density at radius 1 is 1.21 bits per heavy atom. The minimum atomic E-state index is -0.918. The van der Waals surface area contributed by atoms with Crippen LogP contribution in [-0.2, 0) is 19.2 Å². The molecule has 1 heterocycles. The Kier molecular flexibility index (Phi) is 5.80. The van der Waals surface area contributed by atoms with Gasteiger partial charge in [0.1, 0.15) is 11.9 Å². The molecule has 0 bridgehead atoms. The summed E-state index contributed by atoms with van der Waals surface area (Å²) in [5.74, 6) is -0.781. The van der Waals surface area contributed by atoms with Crippen molar-refractivity contribution >= 4 is 29.3 Å². The molecule has 130 valence electrons. The molecule has 0 radical (unpaired) electrons. The number of imide groups is 1. The highest BCUT2D eigenvalue weighted by Crippen LogP contribution is 2.19. The predicted molar refractivity (Wildman–Crippen MR) is 86.2 cm³/mol. The van der Waals surface area contributed by atoms with E-state index in [0.717, 1.165) is 0 Å². The van der Waals surface area contributed by atoms with Gasteiger partial charge in [-0.3, -0.25) is 19.2 Å². The molecule has 2 rings (SSSR count). The molecular weight excluding hydrogens is 336 g/mol. The van der Waals surface area contributed by atoms with Crippen molar-refractivity contribution in [3.63, 3.8) is 0 Å². The van der Waals surface area contributed by atoms with Crippen molar-refractivity contribution in [3.05, 3.63) is 29.3 Å². The highest BCUT2D eigenvalue weighted by molar-refractivity contribution is 6.30. The summed E-state index contributed by atoms with van der Waals surface area (Å²) in [6.07, 6.45) is -1.30. The van der Waals surface area contributed by atoms with E-state index in [1.54, 1.807) is 29.2 Å². The Bertz CT molecular complexity index is 628. The van der Waals surface area contributed by atoms with Crippen LogP contribution in [0.3, 0.4) is 0 Å². The lowest BCUT2D eigenvalue weighted by molar-refractivity contribution is -0.228. The van der Waals surface area contributed by atoms with Crippen LogP contribution in [0.25, 0.3) is 0 Å². The SMILES string of the molecule is CC(=O)N1CC(ON(C(C)=O)C(=O)[C@H](C)Oc2ccc(Cl)cc2)C1. The minimum Gasteiger partial charge on any atom is -0.481 e. The first-order valence-electron chi connectivity index (χ1n) is 7.47. The Balaban J connectivity index is 1.94. The molecule has 0 unspecified atom stereocenters. The topological polar surface area (TPSA) is 76.2 Å². The molecule has 7 nitrogen and oxygen atoms in total. The van der Waals surface area contributed by atoms with Crippen LogP contribution in [-0.4, -0.2) is 53.0 Å². The third-order valence-corrected chi connectivity index (χ3v) is 3.76. The molecule has 3 amide bonds. The zero-order valence-corrected chi connectivity index (χ0v) is 14.4. The van der Waals surface area contributed by atoms with E-state index >= 15 is 0 Å². The van der Waals surface area contributed by atoms with Gasteiger partial charge in [0.05, 0.1) is 13.1 Å². The number of carbonyl (C=O) groups excluding carboxylic acids is 3. The van der Waals surface area contributed by atoms with Crippen molar-refractivity contribution in [3.8, 4) is 5.75 Å². The molecule has 8 heteroatoms. The second-order valence-electron chi connectivity index (χ2n) is 5.52. The van der Waals surface area contributed by atoms with Gasteiger partial charge in [-0.05, 0) is 31.2 Å². The standard InChI is InChI=1S/C16H19ClN2O5/c1-10(23-14-6-4-13(17)5-7-14)16(22)19(12(3)21)24-15-8-18(9-15)11(2)20/h4-7,10,15H,8-9H2,1-3H3/t10-/m0/s1. The molecule has 0 aliphatic carbocycles. The molecule has 1 saturated heterocycles. The van der Waals surface area contributed by atoms with Gasteiger partial charge in [0, 0.05) is 18.9 Å². The number of likely N-dealkylation sites (tertiary alicyclic amines) is 1. The third-order valence-electron chi connectivity index (χ3n) is 3.51. The number of hydroxylamine groups is 2. The zero-order chi connectivity index (χ0) is 17.9. The second-order valence-corrected chi connectivity index (χ2v) is 5.95. The van der Waals surface area contributed by atoms with Crippen molar-refractivity contribution in [2.24, 2.45) is 0 Å². The van der Waals surface area contributed by atoms with Crippen LogP contribution in [0.5, 0.6) is 5.75 Å². The molecule has 1 atom stereocenters. The molecule has 1 aromatic carbocycles. The molecule has 1 aromatic rings. The van der Waals surface area contributed by atoms with Crippen molar-refractivity contribution in [2.75, 3.05) is 13.1 Å². The van der Waals surface area contributed by atoms with E-state index < -0.39 is 17.9 Å². The Labute approximate surface area is 145 Å². The lowest BCUT2D eigenvalue weighted by atomic mass is 10.2. The fourth-order valence-electron chi connectivity index (χ4n) is 2.13. The van der Waals surface area contributed by atoms with E-state index in [-0.39, 0.29) is 12.0 Å². The van der Waals surface area contributed by atoms with Crippen LogP contribution in [0.2, 0.25) is 5.02 Å². The van der Waals surface area contributed by atoms with Crippen LogP contribution in [0.1, 0.15) is 20.8 Å². The summed E-state index contributed by atoms with van der Waals surface area (Å²) in [5.41, 5.74) is 0. The van der Waals surface area contributed by atoms with E-state index in [1.807, 2.05) is 0 Å². The molecule has 24 heavy (non-hydrogen) atoms. The van der Waals surface area contributed by atoms with Gasteiger partial charge >= 0.3 is 0 Å². The Hall–Kier alpha value is -2.12. The summed E-state index contributed by atoms with van der Waals surface area (Å²) >= 11 is 5.79. The van der Waals surface area contributed by atoms with Gasteiger partial charge in [-0.15, -0.1) is 5.06 Å². The Morgan fingerprint density at radius 2 is 1.79 bits per heavy atom. The summed E-state index contributed by atoms with van der Waals surface area (Å²) in [6, 6.07) is 6.53. The first-order valence-corrected chi connectivity index (χ1v) is 7.84. The summed E-state index contributed by atoms with van der Waals surface area (Å²) < 4.78 is 5.51. The van der Waals surface area contributed by atoms with Crippen LogP contribution >= 0.6 is 11.6 Å². The number of hydrogen-bond donors (Lipinski definition) is 0. The van der Waals surface area contributed by atoms with Crippen LogP contribution in [0.4, 0.5) is 0 Å². The molecule has 0 aromatic heterocycles. The molecule has 0 spiro atoms. The van der Waals surface area contributed by atoms with Crippen molar-refractivity contribution in [1.29, 1.82) is 0 Å². The maximum absolute atomic E-state index is 12.4. The fraction of sp³-hybridized carbons (Fsp3) is 0.438.